The molecule has 0 aromatic carbocycles. The van der Waals surface area contributed by atoms with Crippen LogP contribution in [0.25, 0.3) is 0 Å². The van der Waals surface area contributed by atoms with Crippen LogP contribution in [0.2, 0.25) is 0 Å². The molecule has 3 rings (SSSR count). The first kappa shape index (κ1) is 5.30. The van der Waals surface area contributed by atoms with Gasteiger partial charge in [0, 0.05) is 31.8 Å². The zero-order valence-electron chi connectivity index (χ0n) is 5.91. The van der Waals surface area contributed by atoms with E-state index in [-0.39, 0.29) is 0 Å². The highest BCUT2D eigenvalue weighted by Crippen LogP contribution is 2.30. The summed E-state index contributed by atoms with van der Waals surface area (Å²) in [5, 5.41) is 4.54. The maximum Gasteiger partial charge on any atom is 0.0341 e. The molecule has 0 saturated carbocycles. The minimum absolute atomic E-state index is 0.750. The standard InChI is InChI=1S/C7H12N2/c1-6-7-3-4-8(2)9(6)5-7/h3-4,6-7H,5H2,1-2H3. The Labute approximate surface area is 55.7 Å². The summed E-state index contributed by atoms with van der Waals surface area (Å²) in [6.45, 7) is 3.50. The molecule has 1 saturated heterocycles. The van der Waals surface area contributed by atoms with Crippen molar-refractivity contribution in [1.82, 2.24) is 10.0 Å². The van der Waals surface area contributed by atoms with E-state index in [1.807, 2.05) is 0 Å². The first-order valence-corrected chi connectivity index (χ1v) is 3.47. The maximum atomic E-state index is 2.37. The van der Waals surface area contributed by atoms with Crippen molar-refractivity contribution in [2.45, 2.75) is 13.0 Å². The van der Waals surface area contributed by atoms with E-state index in [1.54, 1.807) is 0 Å². The van der Waals surface area contributed by atoms with Crippen molar-refractivity contribution in [1.29, 1.82) is 0 Å². The van der Waals surface area contributed by atoms with Gasteiger partial charge in [0.05, 0.1) is 0 Å². The predicted octanol–water partition coefficient (Wildman–Crippen LogP) is 0.681. The first-order valence-electron chi connectivity index (χ1n) is 3.47. The van der Waals surface area contributed by atoms with Crippen LogP contribution < -0.4 is 0 Å². The summed E-state index contributed by atoms with van der Waals surface area (Å²) in [4.78, 5) is 0. The van der Waals surface area contributed by atoms with E-state index in [4.69, 9.17) is 0 Å². The molecule has 0 spiro atoms. The van der Waals surface area contributed by atoms with Gasteiger partial charge in [-0.05, 0) is 6.92 Å². The fourth-order valence-electron chi connectivity index (χ4n) is 1.58. The molecule has 1 fully saturated rings. The summed E-state index contributed by atoms with van der Waals surface area (Å²) in [6.07, 6.45) is 4.44. The molecule has 0 N–H and O–H groups in total. The van der Waals surface area contributed by atoms with E-state index in [0.29, 0.717) is 0 Å². The Hall–Kier alpha value is -0.500. The Bertz CT molecular complexity index is 153. The molecule has 0 aromatic heterocycles. The molecule has 3 unspecified atom stereocenters. The molecule has 0 radical (unpaired) electrons. The molecule has 2 nitrogen and oxygen atoms in total. The fourth-order valence-corrected chi connectivity index (χ4v) is 1.58. The van der Waals surface area contributed by atoms with Crippen LogP contribution in [0.3, 0.4) is 0 Å². The Balaban J connectivity index is 2.20. The van der Waals surface area contributed by atoms with E-state index < -0.39 is 0 Å². The topological polar surface area (TPSA) is 6.48 Å². The molecule has 9 heavy (non-hydrogen) atoms. The van der Waals surface area contributed by atoms with Gasteiger partial charge >= 0.3 is 0 Å². The Morgan fingerprint density at radius 2 is 2.33 bits per heavy atom. The lowest BCUT2D eigenvalue weighted by Crippen LogP contribution is -2.61. The summed E-state index contributed by atoms with van der Waals surface area (Å²) >= 11 is 0. The number of nitrogens with zero attached hydrogens (tertiary/aromatic N) is 2. The number of fused-ring (bicyclic) bond motifs is 1. The lowest BCUT2D eigenvalue weighted by Gasteiger charge is -2.52. The Morgan fingerprint density at radius 1 is 1.56 bits per heavy atom. The van der Waals surface area contributed by atoms with Gasteiger partial charge in [-0.1, -0.05) is 6.08 Å². The highest BCUT2D eigenvalue weighted by molar-refractivity contribution is 5.05. The summed E-state index contributed by atoms with van der Waals surface area (Å²) < 4.78 is 0. The van der Waals surface area contributed by atoms with Crippen LogP contribution >= 0.6 is 0 Å². The van der Waals surface area contributed by atoms with Gasteiger partial charge in [-0.3, -0.25) is 0 Å². The third-order valence-corrected chi connectivity index (χ3v) is 2.44. The van der Waals surface area contributed by atoms with Crippen molar-refractivity contribution in [2.24, 2.45) is 5.92 Å². The Kier molecular flexibility index (Phi) is 0.887. The third-order valence-electron chi connectivity index (χ3n) is 2.44. The van der Waals surface area contributed by atoms with Gasteiger partial charge in [-0.25, -0.2) is 5.01 Å². The monoisotopic (exact) mass is 124 g/mol. The quantitative estimate of drug-likeness (QED) is 0.468. The SMILES string of the molecule is CC1C2C=CN(C)N1C2. The average molecular weight is 124 g/mol. The molecule has 2 heteroatoms. The fraction of sp³-hybridized carbons (Fsp3) is 0.714. The van der Waals surface area contributed by atoms with Crippen molar-refractivity contribution in [2.75, 3.05) is 13.6 Å². The minimum Gasteiger partial charge on any atom is -0.316 e. The summed E-state index contributed by atoms with van der Waals surface area (Å²) in [6, 6.07) is 0.750. The molecule has 3 aliphatic heterocycles. The third kappa shape index (κ3) is 0.540. The molecule has 0 aliphatic carbocycles. The molecule has 50 valence electrons. The summed E-state index contributed by atoms with van der Waals surface area (Å²) in [5.41, 5.74) is 0. The van der Waals surface area contributed by atoms with Gasteiger partial charge in [-0.2, -0.15) is 0 Å². The normalized spacial score (nSPS) is 46.9. The van der Waals surface area contributed by atoms with Crippen molar-refractivity contribution >= 4 is 0 Å². The van der Waals surface area contributed by atoms with Crippen molar-refractivity contribution in [3.8, 4) is 0 Å². The van der Waals surface area contributed by atoms with Crippen LogP contribution in [-0.4, -0.2) is 29.7 Å². The van der Waals surface area contributed by atoms with E-state index in [2.05, 4.69) is 36.3 Å². The number of rotatable bonds is 0. The van der Waals surface area contributed by atoms with Gasteiger partial charge in [-0.15, -0.1) is 0 Å². The van der Waals surface area contributed by atoms with E-state index >= 15 is 0 Å². The lowest BCUT2D eigenvalue weighted by molar-refractivity contribution is -0.107. The summed E-state index contributed by atoms with van der Waals surface area (Å²) in [5.74, 6) is 0.834. The van der Waals surface area contributed by atoms with Gasteiger partial charge in [0.1, 0.15) is 0 Å². The number of hydrogen-bond acceptors (Lipinski definition) is 2. The first-order chi connectivity index (χ1) is 4.29. The predicted molar refractivity (Wildman–Crippen MR) is 36.6 cm³/mol. The van der Waals surface area contributed by atoms with Crippen molar-refractivity contribution in [3.63, 3.8) is 0 Å². The molecule has 0 amide bonds. The highest BCUT2D eigenvalue weighted by Gasteiger charge is 2.38. The van der Waals surface area contributed by atoms with Gasteiger partial charge < -0.3 is 5.01 Å². The Morgan fingerprint density at radius 3 is 2.67 bits per heavy atom. The number of hydrogen-bond donors (Lipinski definition) is 0. The van der Waals surface area contributed by atoms with Crippen LogP contribution in [0.4, 0.5) is 0 Å². The molecule has 0 aromatic rings. The second-order valence-corrected chi connectivity index (χ2v) is 2.94. The maximum absolute atomic E-state index is 2.37. The van der Waals surface area contributed by atoms with Crippen molar-refractivity contribution < 1.29 is 0 Å². The van der Waals surface area contributed by atoms with Gasteiger partial charge in [0.15, 0.2) is 0 Å². The van der Waals surface area contributed by atoms with Crippen LogP contribution in [0, 0.1) is 5.92 Å². The second-order valence-electron chi connectivity index (χ2n) is 2.94. The van der Waals surface area contributed by atoms with Gasteiger partial charge in [0.2, 0.25) is 0 Å². The molecule has 3 atom stereocenters. The second kappa shape index (κ2) is 1.51. The highest BCUT2D eigenvalue weighted by atomic mass is 15.6. The van der Waals surface area contributed by atoms with Crippen LogP contribution in [0.1, 0.15) is 6.92 Å². The molecular formula is C7H12N2. The zero-order valence-corrected chi connectivity index (χ0v) is 5.91. The molecular weight excluding hydrogens is 112 g/mol. The molecule has 3 heterocycles. The smallest absolute Gasteiger partial charge is 0.0341 e. The van der Waals surface area contributed by atoms with Crippen LogP contribution in [0.15, 0.2) is 12.3 Å². The van der Waals surface area contributed by atoms with E-state index in [9.17, 15) is 0 Å². The van der Waals surface area contributed by atoms with Crippen LogP contribution in [0.5, 0.6) is 0 Å². The zero-order chi connectivity index (χ0) is 6.43. The van der Waals surface area contributed by atoms with Crippen molar-refractivity contribution in [3.05, 3.63) is 12.3 Å². The number of hydrazine groups is 1. The summed E-state index contributed by atoms with van der Waals surface area (Å²) in [7, 11) is 2.10. The van der Waals surface area contributed by atoms with Crippen LogP contribution in [-0.2, 0) is 0 Å². The molecule has 2 bridgehead atoms. The average Bonchev–Trinajstić information content (AvgIpc) is 1.86. The largest absolute Gasteiger partial charge is 0.316 e. The van der Waals surface area contributed by atoms with Gasteiger partial charge in [0.25, 0.3) is 0 Å². The lowest BCUT2D eigenvalue weighted by atomic mass is 9.90. The van der Waals surface area contributed by atoms with E-state index in [0.717, 1.165) is 12.0 Å². The van der Waals surface area contributed by atoms with E-state index in [1.165, 1.54) is 6.54 Å². The minimum atomic E-state index is 0.750. The molecule has 3 aliphatic rings.